The Kier molecular flexibility index (Phi) is 5.73. The molecule has 1 amide bonds. The van der Waals surface area contributed by atoms with E-state index >= 15 is 0 Å². The number of hydrogen-bond acceptors (Lipinski definition) is 4. The largest absolute Gasteiger partial charge is 0.466 e. The van der Waals surface area contributed by atoms with Crippen molar-refractivity contribution < 1.29 is 19.1 Å². The van der Waals surface area contributed by atoms with E-state index in [1.54, 1.807) is 0 Å². The van der Waals surface area contributed by atoms with Gasteiger partial charge in [-0.3, -0.25) is 4.79 Å². The molecule has 2 unspecified atom stereocenters. The molecule has 0 saturated carbocycles. The Balaban J connectivity index is 1.24. The predicted molar refractivity (Wildman–Crippen MR) is 122 cm³/mol. The minimum Gasteiger partial charge on any atom is -0.466 e. The molecule has 2 aromatic carbocycles. The van der Waals surface area contributed by atoms with Crippen molar-refractivity contribution in [3.05, 3.63) is 71.3 Å². The van der Waals surface area contributed by atoms with Crippen LogP contribution in [0.5, 0.6) is 0 Å². The van der Waals surface area contributed by atoms with Gasteiger partial charge in [-0.05, 0) is 54.9 Å². The maximum Gasteiger partial charge on any atom is 0.410 e. The third kappa shape index (κ3) is 3.81. The van der Waals surface area contributed by atoms with Gasteiger partial charge < -0.3 is 14.4 Å². The number of carbonyl (C=O) groups excluding carboxylic acids is 2. The number of fused-ring (bicyclic) bond motifs is 5. The fourth-order valence-corrected chi connectivity index (χ4v) is 5.63. The molecule has 0 aromatic heterocycles. The van der Waals surface area contributed by atoms with E-state index in [1.807, 2.05) is 17.9 Å². The lowest BCUT2D eigenvalue weighted by molar-refractivity contribution is -0.142. The van der Waals surface area contributed by atoms with Crippen molar-refractivity contribution in [3.63, 3.8) is 0 Å². The number of piperidine rings is 1. The first kappa shape index (κ1) is 20.8. The highest BCUT2D eigenvalue weighted by Gasteiger charge is 2.42. The van der Waals surface area contributed by atoms with Crippen LogP contribution in [-0.4, -0.2) is 42.3 Å². The third-order valence-electron chi connectivity index (χ3n) is 7.03. The number of benzene rings is 2. The molecule has 2 heterocycles. The first-order valence-electron chi connectivity index (χ1n) is 11.6. The highest BCUT2D eigenvalue weighted by molar-refractivity contribution is 5.79. The van der Waals surface area contributed by atoms with Crippen LogP contribution in [0.3, 0.4) is 0 Å². The van der Waals surface area contributed by atoms with Crippen molar-refractivity contribution in [1.29, 1.82) is 0 Å². The highest BCUT2D eigenvalue weighted by Crippen LogP contribution is 2.45. The quantitative estimate of drug-likeness (QED) is 0.467. The van der Waals surface area contributed by atoms with Crippen LogP contribution in [0.4, 0.5) is 4.79 Å². The van der Waals surface area contributed by atoms with Gasteiger partial charge in [0.25, 0.3) is 0 Å². The SMILES string of the molecule is CCOC(=O)CC=C1CC2CCC(C1)N2C(=O)OCC1c2ccccc2-c2ccccc21. The van der Waals surface area contributed by atoms with Gasteiger partial charge in [0.05, 0.1) is 13.0 Å². The standard InChI is InChI=1S/C27H29NO4/c1-2-31-26(29)14-11-18-15-19-12-13-20(16-18)28(19)27(30)32-17-25-23-9-5-3-7-21(23)22-8-4-6-10-24(22)25/h3-11,19-20,25H,2,12-17H2,1H3. The van der Waals surface area contributed by atoms with Gasteiger partial charge in [-0.1, -0.05) is 60.2 Å². The molecule has 32 heavy (non-hydrogen) atoms. The Morgan fingerprint density at radius 2 is 1.53 bits per heavy atom. The molecular weight excluding hydrogens is 402 g/mol. The predicted octanol–water partition coefficient (Wildman–Crippen LogP) is 5.44. The lowest BCUT2D eigenvalue weighted by atomic mass is 9.96. The molecule has 2 aromatic rings. The van der Waals surface area contributed by atoms with Crippen molar-refractivity contribution in [2.75, 3.05) is 13.2 Å². The molecule has 2 fully saturated rings. The van der Waals surface area contributed by atoms with Crippen LogP contribution in [-0.2, 0) is 14.3 Å². The van der Waals surface area contributed by atoms with Crippen LogP contribution in [0, 0.1) is 0 Å². The molecule has 3 aliphatic rings. The lowest BCUT2D eigenvalue weighted by Crippen LogP contribution is -2.45. The van der Waals surface area contributed by atoms with Gasteiger partial charge >= 0.3 is 12.1 Å². The van der Waals surface area contributed by atoms with E-state index in [4.69, 9.17) is 9.47 Å². The molecule has 0 radical (unpaired) electrons. The van der Waals surface area contributed by atoms with Gasteiger partial charge in [-0.2, -0.15) is 0 Å². The molecule has 0 N–H and O–H groups in total. The van der Waals surface area contributed by atoms with E-state index in [0.29, 0.717) is 19.6 Å². The van der Waals surface area contributed by atoms with Crippen molar-refractivity contribution in [2.45, 2.75) is 57.0 Å². The normalized spacial score (nSPS) is 21.2. The molecule has 5 rings (SSSR count). The summed E-state index contributed by atoms with van der Waals surface area (Å²) in [5, 5.41) is 0. The zero-order valence-electron chi connectivity index (χ0n) is 18.5. The van der Waals surface area contributed by atoms with Crippen molar-refractivity contribution >= 4 is 12.1 Å². The van der Waals surface area contributed by atoms with Gasteiger partial charge in [-0.15, -0.1) is 0 Å². The number of esters is 1. The maximum absolute atomic E-state index is 13.1. The summed E-state index contributed by atoms with van der Waals surface area (Å²) in [6, 6.07) is 17.1. The van der Waals surface area contributed by atoms with E-state index in [1.165, 1.54) is 27.8 Å². The third-order valence-corrected chi connectivity index (χ3v) is 7.03. The lowest BCUT2D eigenvalue weighted by Gasteiger charge is -2.35. The van der Waals surface area contributed by atoms with E-state index in [0.717, 1.165) is 25.7 Å². The second-order valence-electron chi connectivity index (χ2n) is 8.88. The zero-order chi connectivity index (χ0) is 22.1. The number of carbonyl (C=O) groups is 2. The number of amides is 1. The summed E-state index contributed by atoms with van der Waals surface area (Å²) in [7, 11) is 0. The van der Waals surface area contributed by atoms with Crippen molar-refractivity contribution in [2.24, 2.45) is 0 Å². The summed E-state index contributed by atoms with van der Waals surface area (Å²) in [5.41, 5.74) is 6.19. The Bertz CT molecular complexity index is 998. The fourth-order valence-electron chi connectivity index (χ4n) is 5.63. The second-order valence-corrected chi connectivity index (χ2v) is 8.88. The fraction of sp³-hybridized carbons (Fsp3) is 0.407. The topological polar surface area (TPSA) is 55.8 Å². The van der Waals surface area contributed by atoms with Gasteiger partial charge in [0.1, 0.15) is 6.61 Å². The van der Waals surface area contributed by atoms with E-state index < -0.39 is 0 Å². The average molecular weight is 432 g/mol. The van der Waals surface area contributed by atoms with Gasteiger partial charge in [0.15, 0.2) is 0 Å². The Morgan fingerprint density at radius 1 is 0.938 bits per heavy atom. The second kappa shape index (κ2) is 8.81. The van der Waals surface area contributed by atoms with Crippen LogP contribution in [0.1, 0.15) is 56.1 Å². The van der Waals surface area contributed by atoms with Gasteiger partial charge in [0, 0.05) is 18.0 Å². The minimum atomic E-state index is -0.205. The molecule has 0 spiro atoms. The van der Waals surface area contributed by atoms with Crippen molar-refractivity contribution in [3.8, 4) is 11.1 Å². The number of ether oxygens (including phenoxy) is 2. The summed E-state index contributed by atoms with van der Waals surface area (Å²) < 4.78 is 10.9. The minimum absolute atomic E-state index is 0.0776. The van der Waals surface area contributed by atoms with Crippen LogP contribution in [0.25, 0.3) is 11.1 Å². The summed E-state index contributed by atoms with van der Waals surface area (Å²) in [4.78, 5) is 26.7. The molecule has 5 nitrogen and oxygen atoms in total. The molecule has 166 valence electrons. The van der Waals surface area contributed by atoms with Gasteiger partial charge in [0.2, 0.25) is 0 Å². The summed E-state index contributed by atoms with van der Waals surface area (Å²) in [5.74, 6) is -0.111. The molecule has 2 aliphatic heterocycles. The number of nitrogens with zero attached hydrogens (tertiary/aromatic N) is 1. The Labute approximate surface area is 189 Å². The molecule has 5 heteroatoms. The number of hydrogen-bond donors (Lipinski definition) is 0. The summed E-state index contributed by atoms with van der Waals surface area (Å²) >= 11 is 0. The molecule has 2 bridgehead atoms. The summed E-state index contributed by atoms with van der Waals surface area (Å²) in [6.07, 6.45) is 5.73. The van der Waals surface area contributed by atoms with Crippen LogP contribution < -0.4 is 0 Å². The van der Waals surface area contributed by atoms with Crippen LogP contribution >= 0.6 is 0 Å². The monoisotopic (exact) mass is 431 g/mol. The number of rotatable bonds is 5. The molecule has 1 aliphatic carbocycles. The van der Waals surface area contributed by atoms with E-state index in [9.17, 15) is 9.59 Å². The van der Waals surface area contributed by atoms with Crippen LogP contribution in [0.15, 0.2) is 60.2 Å². The smallest absolute Gasteiger partial charge is 0.410 e. The van der Waals surface area contributed by atoms with Crippen molar-refractivity contribution in [1.82, 2.24) is 4.90 Å². The first-order chi connectivity index (χ1) is 15.7. The molecule has 2 saturated heterocycles. The first-order valence-corrected chi connectivity index (χ1v) is 11.6. The van der Waals surface area contributed by atoms with Crippen LogP contribution in [0.2, 0.25) is 0 Å². The summed E-state index contributed by atoms with van der Waals surface area (Å²) in [6.45, 7) is 2.58. The molecular formula is C27H29NO4. The van der Waals surface area contributed by atoms with Gasteiger partial charge in [-0.25, -0.2) is 4.79 Å². The molecule has 2 atom stereocenters. The Morgan fingerprint density at radius 3 is 2.12 bits per heavy atom. The van der Waals surface area contributed by atoms with E-state index in [2.05, 4.69) is 48.5 Å². The maximum atomic E-state index is 13.1. The van der Waals surface area contributed by atoms with E-state index in [-0.39, 0.29) is 30.1 Å². The average Bonchev–Trinajstić information content (AvgIpc) is 3.27. The zero-order valence-corrected chi connectivity index (χ0v) is 18.5. The Hall–Kier alpha value is -3.08. The highest BCUT2D eigenvalue weighted by atomic mass is 16.6.